The summed E-state index contributed by atoms with van der Waals surface area (Å²) in [7, 11) is 1.77. The van der Waals surface area contributed by atoms with Crippen LogP contribution in [0.4, 0.5) is 0 Å². The SMILES string of the molecule is CN1C(=O)CCCCC1C(=O)N1CC=C(c2ccccc2)CC1. The zero-order valence-electron chi connectivity index (χ0n) is 13.7. The molecule has 122 valence electrons. The van der Waals surface area contributed by atoms with Crippen LogP contribution in [0.2, 0.25) is 0 Å². The maximum Gasteiger partial charge on any atom is 0.245 e. The van der Waals surface area contributed by atoms with Crippen LogP contribution in [0, 0.1) is 0 Å². The molecule has 0 bridgehead atoms. The van der Waals surface area contributed by atoms with Gasteiger partial charge >= 0.3 is 0 Å². The fourth-order valence-electron chi connectivity index (χ4n) is 3.44. The molecule has 1 aromatic carbocycles. The molecule has 0 saturated carbocycles. The minimum Gasteiger partial charge on any atom is -0.337 e. The summed E-state index contributed by atoms with van der Waals surface area (Å²) < 4.78 is 0. The van der Waals surface area contributed by atoms with Crippen LogP contribution in [0.25, 0.3) is 5.57 Å². The number of carbonyl (C=O) groups excluding carboxylic acids is 2. The summed E-state index contributed by atoms with van der Waals surface area (Å²) in [5.74, 6) is 0.199. The van der Waals surface area contributed by atoms with Gasteiger partial charge in [-0.05, 0) is 30.4 Å². The minimum atomic E-state index is -0.281. The first-order valence-corrected chi connectivity index (χ1v) is 8.45. The summed E-state index contributed by atoms with van der Waals surface area (Å²) in [6.07, 6.45) is 6.22. The van der Waals surface area contributed by atoms with Gasteiger partial charge in [-0.2, -0.15) is 0 Å². The third-order valence-corrected chi connectivity index (χ3v) is 4.93. The molecular formula is C19H24N2O2. The second kappa shape index (κ2) is 6.99. The maximum atomic E-state index is 12.8. The summed E-state index contributed by atoms with van der Waals surface area (Å²) in [6.45, 7) is 1.37. The van der Waals surface area contributed by atoms with E-state index >= 15 is 0 Å². The van der Waals surface area contributed by atoms with E-state index in [0.29, 0.717) is 13.0 Å². The fourth-order valence-corrected chi connectivity index (χ4v) is 3.44. The van der Waals surface area contributed by atoms with Crippen molar-refractivity contribution in [2.75, 3.05) is 20.1 Å². The predicted octanol–water partition coefficient (Wildman–Crippen LogP) is 2.70. The highest BCUT2D eigenvalue weighted by Crippen LogP contribution is 2.24. The summed E-state index contributed by atoms with van der Waals surface area (Å²) in [4.78, 5) is 28.4. The molecule has 0 radical (unpaired) electrons. The molecule has 0 N–H and O–H groups in total. The van der Waals surface area contributed by atoms with Gasteiger partial charge in [0.15, 0.2) is 0 Å². The average Bonchev–Trinajstić information content (AvgIpc) is 2.77. The van der Waals surface area contributed by atoms with E-state index in [1.165, 1.54) is 11.1 Å². The molecule has 2 aliphatic heterocycles. The number of amides is 2. The standard InChI is InChI=1S/C19H24N2O2/c1-20-17(9-5-6-10-18(20)22)19(23)21-13-11-16(12-14-21)15-7-3-2-4-8-15/h2-4,7-8,11,17H,5-6,9-10,12-14H2,1H3. The number of hydrogen-bond acceptors (Lipinski definition) is 2. The Labute approximate surface area is 137 Å². The van der Waals surface area contributed by atoms with Crippen molar-refractivity contribution in [2.45, 2.75) is 38.1 Å². The number of carbonyl (C=O) groups is 2. The van der Waals surface area contributed by atoms with Crippen LogP contribution >= 0.6 is 0 Å². The van der Waals surface area contributed by atoms with Gasteiger partial charge in [0, 0.05) is 26.6 Å². The Bertz CT molecular complexity index is 609. The molecule has 4 heteroatoms. The monoisotopic (exact) mass is 312 g/mol. The largest absolute Gasteiger partial charge is 0.337 e. The van der Waals surface area contributed by atoms with Gasteiger partial charge in [-0.25, -0.2) is 0 Å². The first kappa shape index (κ1) is 15.8. The van der Waals surface area contributed by atoms with Crippen LogP contribution in [0.5, 0.6) is 0 Å². The summed E-state index contributed by atoms with van der Waals surface area (Å²) in [5.41, 5.74) is 2.54. The van der Waals surface area contributed by atoms with Crippen molar-refractivity contribution in [3.63, 3.8) is 0 Å². The van der Waals surface area contributed by atoms with Gasteiger partial charge in [0.25, 0.3) is 0 Å². The number of rotatable bonds is 2. The molecule has 3 rings (SSSR count). The van der Waals surface area contributed by atoms with Crippen molar-refractivity contribution in [3.8, 4) is 0 Å². The molecule has 2 aliphatic rings. The Hall–Kier alpha value is -2.10. The Morgan fingerprint density at radius 3 is 2.61 bits per heavy atom. The number of hydrogen-bond donors (Lipinski definition) is 0. The van der Waals surface area contributed by atoms with Gasteiger partial charge < -0.3 is 9.80 Å². The summed E-state index contributed by atoms with van der Waals surface area (Å²) in [6, 6.07) is 10.0. The molecule has 0 aromatic heterocycles. The normalized spacial score (nSPS) is 22.6. The van der Waals surface area contributed by atoms with Gasteiger partial charge in [-0.15, -0.1) is 0 Å². The molecule has 1 fully saturated rings. The highest BCUT2D eigenvalue weighted by Gasteiger charge is 2.32. The van der Waals surface area contributed by atoms with Crippen LogP contribution in [0.3, 0.4) is 0 Å². The molecule has 4 nitrogen and oxygen atoms in total. The quantitative estimate of drug-likeness (QED) is 0.842. The molecule has 1 unspecified atom stereocenters. The van der Waals surface area contributed by atoms with E-state index in [4.69, 9.17) is 0 Å². The van der Waals surface area contributed by atoms with Crippen molar-refractivity contribution in [1.82, 2.24) is 9.80 Å². The molecule has 0 aliphatic carbocycles. The van der Waals surface area contributed by atoms with Gasteiger partial charge in [0.05, 0.1) is 0 Å². The van der Waals surface area contributed by atoms with Crippen LogP contribution in [0.1, 0.15) is 37.7 Å². The van der Waals surface area contributed by atoms with E-state index in [1.54, 1.807) is 11.9 Å². The van der Waals surface area contributed by atoms with Crippen molar-refractivity contribution in [1.29, 1.82) is 0 Å². The second-order valence-electron chi connectivity index (χ2n) is 6.40. The molecule has 2 heterocycles. The lowest BCUT2D eigenvalue weighted by atomic mass is 9.99. The zero-order chi connectivity index (χ0) is 16.2. The Morgan fingerprint density at radius 1 is 1.13 bits per heavy atom. The Kier molecular flexibility index (Phi) is 4.79. The van der Waals surface area contributed by atoms with E-state index in [0.717, 1.165) is 32.2 Å². The van der Waals surface area contributed by atoms with Crippen molar-refractivity contribution in [3.05, 3.63) is 42.0 Å². The Balaban J connectivity index is 1.68. The smallest absolute Gasteiger partial charge is 0.245 e. The summed E-state index contributed by atoms with van der Waals surface area (Å²) >= 11 is 0. The van der Waals surface area contributed by atoms with E-state index in [-0.39, 0.29) is 17.9 Å². The van der Waals surface area contributed by atoms with Gasteiger partial charge in [-0.3, -0.25) is 9.59 Å². The number of likely N-dealkylation sites (N-methyl/N-ethyl adjacent to an activating group) is 1. The Morgan fingerprint density at radius 2 is 1.91 bits per heavy atom. The highest BCUT2D eigenvalue weighted by atomic mass is 16.2. The highest BCUT2D eigenvalue weighted by molar-refractivity contribution is 5.88. The average molecular weight is 312 g/mol. The molecule has 2 amide bonds. The molecule has 1 aromatic rings. The lowest BCUT2D eigenvalue weighted by Gasteiger charge is -2.33. The third-order valence-electron chi connectivity index (χ3n) is 4.93. The van der Waals surface area contributed by atoms with Gasteiger partial charge in [0.1, 0.15) is 6.04 Å². The molecule has 1 atom stereocenters. The van der Waals surface area contributed by atoms with Gasteiger partial charge in [-0.1, -0.05) is 42.8 Å². The number of benzene rings is 1. The van der Waals surface area contributed by atoms with E-state index in [9.17, 15) is 9.59 Å². The predicted molar refractivity (Wildman–Crippen MR) is 90.6 cm³/mol. The van der Waals surface area contributed by atoms with Crippen molar-refractivity contribution >= 4 is 17.4 Å². The number of likely N-dealkylation sites (tertiary alicyclic amines) is 1. The van der Waals surface area contributed by atoms with Crippen LogP contribution < -0.4 is 0 Å². The zero-order valence-corrected chi connectivity index (χ0v) is 13.7. The topological polar surface area (TPSA) is 40.6 Å². The van der Waals surface area contributed by atoms with Gasteiger partial charge in [0.2, 0.25) is 11.8 Å². The summed E-state index contributed by atoms with van der Waals surface area (Å²) in [5, 5.41) is 0. The molecule has 23 heavy (non-hydrogen) atoms. The van der Waals surface area contributed by atoms with Crippen molar-refractivity contribution in [2.24, 2.45) is 0 Å². The van der Waals surface area contributed by atoms with Crippen LogP contribution in [0.15, 0.2) is 36.4 Å². The third kappa shape index (κ3) is 3.46. The minimum absolute atomic E-state index is 0.0957. The molecule has 1 saturated heterocycles. The second-order valence-corrected chi connectivity index (χ2v) is 6.40. The van der Waals surface area contributed by atoms with Crippen LogP contribution in [-0.2, 0) is 9.59 Å². The lowest BCUT2D eigenvalue weighted by molar-refractivity contribution is -0.143. The van der Waals surface area contributed by atoms with E-state index < -0.39 is 0 Å². The van der Waals surface area contributed by atoms with E-state index in [1.807, 2.05) is 23.1 Å². The molecular weight excluding hydrogens is 288 g/mol. The maximum absolute atomic E-state index is 12.8. The molecule has 0 spiro atoms. The number of nitrogens with zero attached hydrogens (tertiary/aromatic N) is 2. The fraction of sp³-hybridized carbons (Fsp3) is 0.474. The first-order chi connectivity index (χ1) is 11.2. The van der Waals surface area contributed by atoms with Crippen molar-refractivity contribution < 1.29 is 9.59 Å². The van der Waals surface area contributed by atoms with Crippen LogP contribution in [-0.4, -0.2) is 47.8 Å². The van der Waals surface area contributed by atoms with E-state index in [2.05, 4.69) is 18.2 Å². The first-order valence-electron chi connectivity index (χ1n) is 8.45. The lowest BCUT2D eigenvalue weighted by Crippen LogP contribution is -2.49.